The van der Waals surface area contributed by atoms with E-state index in [1.54, 1.807) is 0 Å². The summed E-state index contributed by atoms with van der Waals surface area (Å²) in [6, 6.07) is 0. The fraction of sp³-hybridized carbons (Fsp3) is 0.811. The van der Waals surface area contributed by atoms with Crippen LogP contribution in [0.2, 0.25) is 0 Å². The number of unbranched alkanes of at least 4 members (excludes halogenated alkanes) is 30. The molecule has 1 atom stereocenters. The molecule has 0 fully saturated rings. The summed E-state index contributed by atoms with van der Waals surface area (Å²) in [5.74, 6) is -0.594. The summed E-state index contributed by atoms with van der Waals surface area (Å²) in [6.45, 7) is 4.13. The third kappa shape index (κ3) is 46.5. The van der Waals surface area contributed by atoms with Gasteiger partial charge < -0.3 is 14.6 Å². The maximum Gasteiger partial charge on any atom is 0.306 e. The van der Waals surface area contributed by atoms with Gasteiger partial charge in [0.15, 0.2) is 6.10 Å². The molecule has 0 aliphatic carbocycles. The Kier molecular flexibility index (Phi) is 47.4. The van der Waals surface area contributed by atoms with Gasteiger partial charge in [0.2, 0.25) is 0 Å². The fourth-order valence-corrected chi connectivity index (χ4v) is 7.26. The average Bonchev–Trinajstić information content (AvgIpc) is 3.23. The highest BCUT2D eigenvalue weighted by molar-refractivity contribution is 5.70. The van der Waals surface area contributed by atoms with E-state index in [2.05, 4.69) is 62.5 Å². The van der Waals surface area contributed by atoms with E-state index in [1.165, 1.54) is 173 Å². The molecule has 0 heterocycles. The van der Waals surface area contributed by atoms with Gasteiger partial charge in [0, 0.05) is 12.8 Å². The van der Waals surface area contributed by atoms with Crippen LogP contribution in [0.25, 0.3) is 0 Å². The van der Waals surface area contributed by atoms with E-state index in [4.69, 9.17) is 9.47 Å². The molecule has 338 valence electrons. The first-order valence-corrected chi connectivity index (χ1v) is 25.2. The number of aliphatic hydroxyl groups excluding tert-OH is 1. The Balaban J connectivity index is 3.48. The van der Waals surface area contributed by atoms with Crippen LogP contribution in [0.5, 0.6) is 0 Å². The van der Waals surface area contributed by atoms with Gasteiger partial charge in [-0.1, -0.05) is 217 Å². The molecule has 5 nitrogen and oxygen atoms in total. The Bertz CT molecular complexity index is 966. The fourth-order valence-electron chi connectivity index (χ4n) is 7.26. The molecule has 0 spiro atoms. The van der Waals surface area contributed by atoms with E-state index in [0.717, 1.165) is 57.8 Å². The number of hydrogen-bond donors (Lipinski definition) is 1. The van der Waals surface area contributed by atoms with Crippen molar-refractivity contribution in [1.29, 1.82) is 0 Å². The molecule has 0 aromatic rings. The van der Waals surface area contributed by atoms with Crippen LogP contribution >= 0.6 is 0 Å². The first-order chi connectivity index (χ1) is 28.6. The Hall–Kier alpha value is -2.14. The molecule has 1 N–H and O–H groups in total. The molecule has 0 saturated carbocycles. The van der Waals surface area contributed by atoms with E-state index in [9.17, 15) is 14.7 Å². The van der Waals surface area contributed by atoms with Crippen LogP contribution in [0.15, 0.2) is 48.6 Å². The zero-order valence-corrected chi connectivity index (χ0v) is 38.6. The van der Waals surface area contributed by atoms with Crippen LogP contribution in [0.1, 0.15) is 258 Å². The van der Waals surface area contributed by atoms with Gasteiger partial charge in [-0.25, -0.2) is 0 Å². The molecule has 0 aliphatic heterocycles. The van der Waals surface area contributed by atoms with E-state index in [-0.39, 0.29) is 25.2 Å². The Morgan fingerprint density at radius 3 is 1.05 bits per heavy atom. The number of carbonyl (C=O) groups is 2. The van der Waals surface area contributed by atoms with Crippen molar-refractivity contribution in [2.75, 3.05) is 13.2 Å². The Labute approximate surface area is 360 Å². The lowest BCUT2D eigenvalue weighted by atomic mass is 10.0. The van der Waals surface area contributed by atoms with Gasteiger partial charge in [-0.3, -0.25) is 9.59 Å². The predicted molar refractivity (Wildman–Crippen MR) is 251 cm³/mol. The lowest BCUT2D eigenvalue weighted by Crippen LogP contribution is -2.28. The second-order valence-corrected chi connectivity index (χ2v) is 16.9. The van der Waals surface area contributed by atoms with E-state index in [0.29, 0.717) is 12.8 Å². The zero-order chi connectivity index (χ0) is 42.1. The van der Waals surface area contributed by atoms with Gasteiger partial charge in [0.05, 0.1) is 6.61 Å². The van der Waals surface area contributed by atoms with Gasteiger partial charge in [0.25, 0.3) is 0 Å². The molecule has 0 saturated heterocycles. The lowest BCUT2D eigenvalue weighted by Gasteiger charge is -2.15. The summed E-state index contributed by atoms with van der Waals surface area (Å²) in [5.41, 5.74) is 0. The number of hydrogen-bond acceptors (Lipinski definition) is 5. The van der Waals surface area contributed by atoms with Crippen molar-refractivity contribution in [1.82, 2.24) is 0 Å². The van der Waals surface area contributed by atoms with Crippen molar-refractivity contribution in [2.24, 2.45) is 0 Å². The molecule has 1 unspecified atom stereocenters. The van der Waals surface area contributed by atoms with Crippen molar-refractivity contribution in [3.8, 4) is 0 Å². The zero-order valence-electron chi connectivity index (χ0n) is 38.6. The maximum absolute atomic E-state index is 12.3. The van der Waals surface area contributed by atoms with Gasteiger partial charge in [-0.15, -0.1) is 0 Å². The second-order valence-electron chi connectivity index (χ2n) is 16.9. The second kappa shape index (κ2) is 49.2. The molecule has 5 heteroatoms. The number of esters is 2. The molecule has 0 amide bonds. The maximum atomic E-state index is 12.3. The summed E-state index contributed by atoms with van der Waals surface area (Å²) < 4.78 is 10.7. The number of ether oxygens (including phenoxy) is 2. The topological polar surface area (TPSA) is 72.8 Å². The highest BCUT2D eigenvalue weighted by Crippen LogP contribution is 2.15. The SMILES string of the molecule is CCCCCCC/C=C\C/C=C\C/C=C\CCCCCCCCCCCCCCCCC(=O)OC(CO)COC(=O)CCCCCCC/C=C\CCCCCCCC. The third-order valence-electron chi connectivity index (χ3n) is 11.1. The minimum atomic E-state index is -0.775. The van der Waals surface area contributed by atoms with Crippen molar-refractivity contribution >= 4 is 11.9 Å². The van der Waals surface area contributed by atoms with Gasteiger partial charge in [-0.05, 0) is 77.0 Å². The number of allylic oxidation sites excluding steroid dienone is 8. The molecule has 0 aromatic heterocycles. The predicted octanol–water partition coefficient (Wildman–Crippen LogP) is 16.5. The monoisotopic (exact) mass is 813 g/mol. The van der Waals surface area contributed by atoms with E-state index >= 15 is 0 Å². The van der Waals surface area contributed by atoms with Crippen molar-refractivity contribution in [3.05, 3.63) is 48.6 Å². The highest BCUT2D eigenvalue weighted by Gasteiger charge is 2.16. The van der Waals surface area contributed by atoms with Crippen LogP contribution in [0.3, 0.4) is 0 Å². The molecule has 58 heavy (non-hydrogen) atoms. The Morgan fingerprint density at radius 2 is 0.690 bits per heavy atom. The van der Waals surface area contributed by atoms with Gasteiger partial charge >= 0.3 is 11.9 Å². The molecule has 0 aromatic carbocycles. The van der Waals surface area contributed by atoms with Crippen LogP contribution in [-0.4, -0.2) is 36.4 Å². The molecule has 0 rings (SSSR count). The minimum absolute atomic E-state index is 0.0689. The molecular formula is C53H96O5. The lowest BCUT2D eigenvalue weighted by molar-refractivity contribution is -0.161. The quantitative estimate of drug-likeness (QED) is 0.0376. The van der Waals surface area contributed by atoms with Crippen LogP contribution in [0, 0.1) is 0 Å². The largest absolute Gasteiger partial charge is 0.462 e. The molecular weight excluding hydrogens is 717 g/mol. The number of rotatable bonds is 46. The first-order valence-electron chi connectivity index (χ1n) is 25.2. The molecule has 0 bridgehead atoms. The normalized spacial score (nSPS) is 12.5. The van der Waals surface area contributed by atoms with Crippen LogP contribution in [-0.2, 0) is 19.1 Å². The molecule has 0 radical (unpaired) electrons. The van der Waals surface area contributed by atoms with Crippen LogP contribution in [0.4, 0.5) is 0 Å². The van der Waals surface area contributed by atoms with E-state index < -0.39 is 6.10 Å². The smallest absolute Gasteiger partial charge is 0.306 e. The summed E-state index contributed by atoms with van der Waals surface area (Å²) in [6.07, 6.45) is 63.5. The number of aliphatic hydroxyl groups is 1. The summed E-state index contributed by atoms with van der Waals surface area (Å²) in [4.78, 5) is 24.4. The van der Waals surface area contributed by atoms with Crippen molar-refractivity contribution in [2.45, 2.75) is 264 Å². The third-order valence-corrected chi connectivity index (χ3v) is 11.1. The van der Waals surface area contributed by atoms with Gasteiger partial charge in [-0.2, -0.15) is 0 Å². The number of carbonyl (C=O) groups excluding carboxylic acids is 2. The standard InChI is InChI=1S/C53H96O5/c1-3-5-7-9-11-13-15-17-19-20-21-22-23-24-25-26-27-28-29-30-31-32-34-36-38-40-42-44-46-48-53(56)58-51(49-54)50-57-52(55)47-45-43-41-39-37-35-33-18-16-14-12-10-8-6-4-2/h15,17-18,20-21,23-24,33,51,54H,3-14,16,19,22,25-32,34-50H2,1-2H3/b17-15-,21-20-,24-23-,33-18-. The summed E-state index contributed by atoms with van der Waals surface area (Å²) >= 11 is 0. The molecule has 0 aliphatic rings. The van der Waals surface area contributed by atoms with Crippen molar-refractivity contribution in [3.63, 3.8) is 0 Å². The Morgan fingerprint density at radius 1 is 0.397 bits per heavy atom. The van der Waals surface area contributed by atoms with Crippen LogP contribution < -0.4 is 0 Å². The van der Waals surface area contributed by atoms with Gasteiger partial charge in [0.1, 0.15) is 6.61 Å². The summed E-state index contributed by atoms with van der Waals surface area (Å²) in [5, 5.41) is 9.61. The first kappa shape index (κ1) is 55.9. The van der Waals surface area contributed by atoms with Crippen molar-refractivity contribution < 1.29 is 24.2 Å². The highest BCUT2D eigenvalue weighted by atomic mass is 16.6. The van der Waals surface area contributed by atoms with E-state index in [1.807, 2.05) is 0 Å². The average molecular weight is 813 g/mol. The summed E-state index contributed by atoms with van der Waals surface area (Å²) in [7, 11) is 0. The minimum Gasteiger partial charge on any atom is -0.462 e.